The number of hydrogen-bond acceptors (Lipinski definition) is 2. The summed E-state index contributed by atoms with van der Waals surface area (Å²) in [6.07, 6.45) is 1.14. The fourth-order valence-electron chi connectivity index (χ4n) is 2.51. The van der Waals surface area contributed by atoms with E-state index in [0.29, 0.717) is 0 Å². The van der Waals surface area contributed by atoms with Crippen molar-refractivity contribution in [2.75, 3.05) is 10.6 Å². The van der Waals surface area contributed by atoms with Crippen molar-refractivity contribution in [2.24, 2.45) is 0 Å². The van der Waals surface area contributed by atoms with Crippen LogP contribution < -0.4 is 10.6 Å². The van der Waals surface area contributed by atoms with Crippen LogP contribution in [0.15, 0.2) is 72.3 Å². The van der Waals surface area contributed by atoms with Gasteiger partial charge in [0.25, 0.3) is 11.8 Å². The van der Waals surface area contributed by atoms with Crippen molar-refractivity contribution in [3.8, 4) is 0 Å². The zero-order valence-corrected chi connectivity index (χ0v) is 16.8. The van der Waals surface area contributed by atoms with Gasteiger partial charge in [-0.15, -0.1) is 0 Å². The van der Waals surface area contributed by atoms with E-state index in [9.17, 15) is 18.4 Å². The molecule has 2 N–H and O–H groups in total. The molecular weight excluding hydrogens is 433 g/mol. The van der Waals surface area contributed by atoms with Gasteiger partial charge in [0.05, 0.1) is 21.4 Å². The number of hydrogen-bond donors (Lipinski definition) is 2. The number of anilines is 2. The van der Waals surface area contributed by atoms with E-state index in [-0.39, 0.29) is 32.6 Å². The van der Waals surface area contributed by atoms with Gasteiger partial charge < -0.3 is 10.6 Å². The molecule has 8 heteroatoms. The van der Waals surface area contributed by atoms with E-state index in [1.165, 1.54) is 6.07 Å². The van der Waals surface area contributed by atoms with Gasteiger partial charge >= 0.3 is 0 Å². The van der Waals surface area contributed by atoms with E-state index in [2.05, 4.69) is 10.6 Å². The molecule has 0 aliphatic heterocycles. The Morgan fingerprint density at radius 1 is 0.733 bits per heavy atom. The Labute approximate surface area is 181 Å². The first-order valence-electron chi connectivity index (χ1n) is 8.63. The van der Waals surface area contributed by atoms with Crippen molar-refractivity contribution in [1.82, 2.24) is 0 Å². The Morgan fingerprint density at radius 2 is 1.23 bits per heavy atom. The molecule has 0 radical (unpaired) electrons. The summed E-state index contributed by atoms with van der Waals surface area (Å²) in [6, 6.07) is 15.9. The molecule has 0 spiro atoms. The third-order valence-corrected chi connectivity index (χ3v) is 4.65. The Hall–Kier alpha value is -3.22. The summed E-state index contributed by atoms with van der Waals surface area (Å²) in [6.45, 7) is 0. The normalized spacial score (nSPS) is 10.3. The molecule has 4 nitrogen and oxygen atoms in total. The number of amides is 2. The third-order valence-electron chi connectivity index (χ3n) is 3.99. The number of para-hydroxylation sites is 2. The van der Waals surface area contributed by atoms with Crippen LogP contribution in [0.3, 0.4) is 0 Å². The van der Waals surface area contributed by atoms with Crippen molar-refractivity contribution in [3.63, 3.8) is 0 Å². The summed E-state index contributed by atoms with van der Waals surface area (Å²) in [5.41, 5.74) is 0.324. The molecule has 0 saturated heterocycles. The van der Waals surface area contributed by atoms with E-state index in [1.807, 2.05) is 0 Å². The predicted octanol–water partition coefficient (Wildman–Crippen LogP) is 5.93. The van der Waals surface area contributed by atoms with Crippen molar-refractivity contribution >= 4 is 52.5 Å². The average Bonchev–Trinajstić information content (AvgIpc) is 2.72. The summed E-state index contributed by atoms with van der Waals surface area (Å²) in [5, 5.41) is 5.61. The Kier molecular flexibility index (Phi) is 6.82. The van der Waals surface area contributed by atoms with Crippen molar-refractivity contribution in [3.05, 3.63) is 99.5 Å². The highest BCUT2D eigenvalue weighted by Crippen LogP contribution is 2.24. The molecule has 0 aliphatic rings. The molecule has 152 valence electrons. The first-order chi connectivity index (χ1) is 14.3. The Balaban J connectivity index is 1.97. The molecular formula is C22H14Cl2F2N2O2. The Bertz CT molecular complexity index is 1090. The number of carbonyl (C=O) groups is 2. The minimum atomic E-state index is -1.11. The van der Waals surface area contributed by atoms with Gasteiger partial charge in [0.15, 0.2) is 11.6 Å². The van der Waals surface area contributed by atoms with Crippen molar-refractivity contribution in [1.29, 1.82) is 0 Å². The molecule has 0 bridgehead atoms. The van der Waals surface area contributed by atoms with E-state index in [1.54, 1.807) is 48.5 Å². The van der Waals surface area contributed by atoms with Crippen molar-refractivity contribution in [2.45, 2.75) is 0 Å². The van der Waals surface area contributed by atoms with Gasteiger partial charge in [0.1, 0.15) is 5.57 Å². The number of rotatable bonds is 5. The number of benzene rings is 3. The van der Waals surface area contributed by atoms with Crippen LogP contribution in [0.2, 0.25) is 10.0 Å². The number of carbonyl (C=O) groups excluding carboxylic acids is 2. The number of nitrogens with one attached hydrogen (secondary N) is 2. The van der Waals surface area contributed by atoms with Crippen LogP contribution in [-0.4, -0.2) is 11.8 Å². The van der Waals surface area contributed by atoms with E-state index in [0.717, 1.165) is 18.2 Å². The maximum Gasteiger partial charge on any atom is 0.261 e. The minimum absolute atomic E-state index is 0.118. The second-order valence-corrected chi connectivity index (χ2v) is 6.91. The molecule has 3 rings (SSSR count). The van der Waals surface area contributed by atoms with E-state index in [4.69, 9.17) is 23.2 Å². The number of halogens is 4. The van der Waals surface area contributed by atoms with Gasteiger partial charge in [-0.1, -0.05) is 53.5 Å². The van der Waals surface area contributed by atoms with Crippen LogP contribution in [0.25, 0.3) is 6.08 Å². The van der Waals surface area contributed by atoms with Gasteiger partial charge in [0, 0.05) is 0 Å². The monoisotopic (exact) mass is 446 g/mol. The predicted molar refractivity (Wildman–Crippen MR) is 114 cm³/mol. The van der Waals surface area contributed by atoms with Crippen LogP contribution >= 0.6 is 23.2 Å². The van der Waals surface area contributed by atoms with Gasteiger partial charge in [-0.05, 0) is 48.0 Å². The molecule has 3 aromatic rings. The lowest BCUT2D eigenvalue weighted by Gasteiger charge is -2.12. The fraction of sp³-hybridized carbons (Fsp3) is 0. The lowest BCUT2D eigenvalue weighted by molar-refractivity contribution is -0.118. The van der Waals surface area contributed by atoms with Crippen molar-refractivity contribution < 1.29 is 18.4 Å². The topological polar surface area (TPSA) is 58.2 Å². The van der Waals surface area contributed by atoms with Crippen LogP contribution in [0.4, 0.5) is 20.2 Å². The van der Waals surface area contributed by atoms with Crippen LogP contribution in [-0.2, 0) is 9.59 Å². The summed E-state index contributed by atoms with van der Waals surface area (Å²) in [4.78, 5) is 25.7. The molecule has 0 aromatic heterocycles. The second kappa shape index (κ2) is 9.52. The highest BCUT2D eigenvalue weighted by Gasteiger charge is 2.21. The summed E-state index contributed by atoms with van der Waals surface area (Å²) >= 11 is 12.1. The minimum Gasteiger partial charge on any atom is -0.320 e. The standard InChI is InChI=1S/C22H14Cl2F2N2O2/c23-15-5-1-3-7-19(15)27-21(29)14(11-13-9-10-17(25)18(26)12-13)22(30)28-20-8-4-2-6-16(20)24/h1-12H,(H,27,29)(H,28,30). The van der Waals surface area contributed by atoms with Crippen LogP contribution in [0.1, 0.15) is 5.56 Å². The molecule has 0 atom stereocenters. The van der Waals surface area contributed by atoms with Gasteiger partial charge in [-0.25, -0.2) is 8.78 Å². The quantitative estimate of drug-likeness (QED) is 0.289. The molecule has 3 aromatic carbocycles. The molecule has 30 heavy (non-hydrogen) atoms. The SMILES string of the molecule is O=C(Nc1ccccc1Cl)C(=Cc1ccc(F)c(F)c1)C(=O)Nc1ccccc1Cl. The molecule has 0 aliphatic carbocycles. The smallest absolute Gasteiger partial charge is 0.261 e. The summed E-state index contributed by atoms with van der Waals surface area (Å²) < 4.78 is 26.8. The first-order valence-corrected chi connectivity index (χ1v) is 9.39. The molecule has 0 fully saturated rings. The maximum atomic E-state index is 13.6. The third kappa shape index (κ3) is 5.23. The summed E-state index contributed by atoms with van der Waals surface area (Å²) in [7, 11) is 0. The fourth-order valence-corrected chi connectivity index (χ4v) is 2.87. The lowest BCUT2D eigenvalue weighted by Crippen LogP contribution is -2.25. The van der Waals surface area contributed by atoms with Crippen LogP contribution in [0, 0.1) is 11.6 Å². The molecule has 2 amide bonds. The van der Waals surface area contributed by atoms with E-state index < -0.39 is 23.4 Å². The molecule has 0 heterocycles. The zero-order chi connectivity index (χ0) is 21.7. The second-order valence-electron chi connectivity index (χ2n) is 6.10. The van der Waals surface area contributed by atoms with Crippen LogP contribution in [0.5, 0.6) is 0 Å². The Morgan fingerprint density at radius 3 is 1.70 bits per heavy atom. The summed E-state index contributed by atoms with van der Waals surface area (Å²) in [5.74, 6) is -3.74. The zero-order valence-electron chi connectivity index (χ0n) is 15.3. The molecule has 0 unspecified atom stereocenters. The van der Waals surface area contributed by atoms with E-state index >= 15 is 0 Å². The highest BCUT2D eigenvalue weighted by molar-refractivity contribution is 6.36. The lowest BCUT2D eigenvalue weighted by atomic mass is 10.1. The largest absolute Gasteiger partial charge is 0.320 e. The van der Waals surface area contributed by atoms with Gasteiger partial charge in [-0.2, -0.15) is 0 Å². The molecule has 0 saturated carbocycles. The van der Waals surface area contributed by atoms with Gasteiger partial charge in [0.2, 0.25) is 0 Å². The highest BCUT2D eigenvalue weighted by atomic mass is 35.5. The average molecular weight is 447 g/mol. The first kappa shape index (κ1) is 21.5. The maximum absolute atomic E-state index is 13.6. The van der Waals surface area contributed by atoms with Gasteiger partial charge in [-0.3, -0.25) is 9.59 Å².